The summed E-state index contributed by atoms with van der Waals surface area (Å²) in [6.45, 7) is 0.815. The summed E-state index contributed by atoms with van der Waals surface area (Å²) < 4.78 is 5.58. The molecule has 2 N–H and O–H groups in total. The zero-order valence-corrected chi connectivity index (χ0v) is 19.3. The van der Waals surface area contributed by atoms with Crippen molar-refractivity contribution in [2.75, 3.05) is 20.2 Å². The normalized spacial score (nSPS) is 21.6. The molecular weight excluding hydrogens is 432 g/mol. The maximum atomic E-state index is 12.5. The van der Waals surface area contributed by atoms with Crippen LogP contribution < -0.4 is 5.32 Å². The number of hydrogen-bond donors (Lipinski definition) is 2. The van der Waals surface area contributed by atoms with Gasteiger partial charge >= 0.3 is 12.1 Å². The summed E-state index contributed by atoms with van der Waals surface area (Å²) in [7, 11) is 1.60. The van der Waals surface area contributed by atoms with E-state index in [1.54, 1.807) is 7.05 Å². The lowest BCUT2D eigenvalue weighted by Gasteiger charge is -2.36. The SMILES string of the molecule is CN(C(=O)CC1CC(CNC(=O)OCC2c3ccccc3-c3ccccc32)C1)C1(C(=O)O)CC1. The summed E-state index contributed by atoms with van der Waals surface area (Å²) >= 11 is 0. The number of carbonyl (C=O) groups excluding carboxylic acids is 2. The van der Waals surface area contributed by atoms with Gasteiger partial charge in [-0.3, -0.25) is 4.79 Å². The smallest absolute Gasteiger partial charge is 0.407 e. The van der Waals surface area contributed by atoms with E-state index in [4.69, 9.17) is 4.74 Å². The monoisotopic (exact) mass is 462 g/mol. The number of amides is 2. The van der Waals surface area contributed by atoms with Crippen molar-refractivity contribution in [1.82, 2.24) is 10.2 Å². The fraction of sp³-hybridized carbons (Fsp3) is 0.444. The Balaban J connectivity index is 1.05. The van der Waals surface area contributed by atoms with E-state index < -0.39 is 17.6 Å². The van der Waals surface area contributed by atoms with Crippen molar-refractivity contribution >= 4 is 18.0 Å². The summed E-state index contributed by atoms with van der Waals surface area (Å²) in [6, 6.07) is 16.5. The highest BCUT2D eigenvalue weighted by atomic mass is 16.5. The van der Waals surface area contributed by atoms with Crippen LogP contribution in [0.25, 0.3) is 11.1 Å². The number of aliphatic carboxylic acids is 1. The molecule has 0 spiro atoms. The molecule has 3 aliphatic carbocycles. The molecule has 5 rings (SSSR count). The van der Waals surface area contributed by atoms with Crippen LogP contribution in [0.15, 0.2) is 48.5 Å². The largest absolute Gasteiger partial charge is 0.479 e. The summed E-state index contributed by atoms with van der Waals surface area (Å²) in [4.78, 5) is 37.6. The number of alkyl carbamates (subject to hydrolysis) is 1. The first-order valence-electron chi connectivity index (χ1n) is 12.0. The predicted octanol–water partition coefficient (Wildman–Crippen LogP) is 4.02. The highest BCUT2D eigenvalue weighted by Crippen LogP contribution is 2.45. The van der Waals surface area contributed by atoms with Gasteiger partial charge in [0.2, 0.25) is 5.91 Å². The van der Waals surface area contributed by atoms with Crippen LogP contribution in [-0.4, -0.2) is 53.7 Å². The third kappa shape index (κ3) is 4.04. The van der Waals surface area contributed by atoms with Gasteiger partial charge in [0.1, 0.15) is 12.1 Å². The molecule has 0 radical (unpaired) electrons. The second-order valence-corrected chi connectivity index (χ2v) is 9.90. The molecular formula is C27H30N2O5. The first-order valence-corrected chi connectivity index (χ1v) is 12.0. The molecule has 2 fully saturated rings. The zero-order chi connectivity index (χ0) is 23.9. The average Bonchev–Trinajstić information content (AvgIpc) is 3.57. The number of carbonyl (C=O) groups is 3. The highest BCUT2D eigenvalue weighted by molar-refractivity contribution is 5.89. The molecule has 2 amide bonds. The van der Waals surface area contributed by atoms with Gasteiger partial charge in [0.25, 0.3) is 0 Å². The topological polar surface area (TPSA) is 95.9 Å². The number of nitrogens with one attached hydrogen (secondary N) is 1. The van der Waals surface area contributed by atoms with Crippen molar-refractivity contribution in [2.24, 2.45) is 11.8 Å². The van der Waals surface area contributed by atoms with Crippen LogP contribution in [0.2, 0.25) is 0 Å². The van der Waals surface area contributed by atoms with Crippen LogP contribution in [0.3, 0.4) is 0 Å². The van der Waals surface area contributed by atoms with Gasteiger partial charge in [-0.15, -0.1) is 0 Å². The molecule has 0 saturated heterocycles. The third-order valence-corrected chi connectivity index (χ3v) is 7.81. The molecule has 0 unspecified atom stereocenters. The van der Waals surface area contributed by atoms with Crippen LogP contribution in [-0.2, 0) is 14.3 Å². The second kappa shape index (κ2) is 8.78. The lowest BCUT2D eigenvalue weighted by molar-refractivity contribution is -0.151. The number of carboxylic acid groups (broad SMARTS) is 1. The van der Waals surface area contributed by atoms with Gasteiger partial charge in [0.05, 0.1) is 0 Å². The Bertz CT molecular complexity index is 1070. The molecule has 7 nitrogen and oxygen atoms in total. The van der Waals surface area contributed by atoms with Gasteiger partial charge < -0.3 is 20.1 Å². The number of carboxylic acids is 1. The van der Waals surface area contributed by atoms with E-state index in [-0.39, 0.29) is 17.7 Å². The predicted molar refractivity (Wildman–Crippen MR) is 126 cm³/mol. The van der Waals surface area contributed by atoms with Crippen molar-refractivity contribution in [3.05, 3.63) is 59.7 Å². The minimum atomic E-state index is -0.980. The van der Waals surface area contributed by atoms with Gasteiger partial charge in [-0.05, 0) is 59.8 Å². The molecule has 34 heavy (non-hydrogen) atoms. The number of likely N-dealkylation sites (N-methyl/N-ethyl adjacent to an activating group) is 1. The van der Waals surface area contributed by atoms with Crippen LogP contribution in [0.4, 0.5) is 4.79 Å². The van der Waals surface area contributed by atoms with Crippen LogP contribution in [0.5, 0.6) is 0 Å². The Morgan fingerprint density at radius 1 is 1.00 bits per heavy atom. The average molecular weight is 463 g/mol. The zero-order valence-electron chi connectivity index (χ0n) is 19.3. The summed E-state index contributed by atoms with van der Waals surface area (Å²) in [5.41, 5.74) is 3.78. The lowest BCUT2D eigenvalue weighted by Crippen LogP contribution is -2.46. The fourth-order valence-corrected chi connectivity index (χ4v) is 5.52. The van der Waals surface area contributed by atoms with E-state index >= 15 is 0 Å². The second-order valence-electron chi connectivity index (χ2n) is 9.90. The van der Waals surface area contributed by atoms with Gasteiger partial charge in [-0.25, -0.2) is 9.59 Å². The Hall–Kier alpha value is -3.35. The maximum Gasteiger partial charge on any atom is 0.407 e. The molecule has 0 heterocycles. The molecule has 178 valence electrons. The Morgan fingerprint density at radius 3 is 2.15 bits per heavy atom. The molecule has 0 aliphatic heterocycles. The van der Waals surface area contributed by atoms with Crippen LogP contribution in [0.1, 0.15) is 49.1 Å². The summed E-state index contributed by atoms with van der Waals surface area (Å²) in [5, 5.41) is 12.2. The van der Waals surface area contributed by atoms with Crippen LogP contribution >= 0.6 is 0 Å². The van der Waals surface area contributed by atoms with E-state index in [2.05, 4.69) is 29.6 Å². The standard InChI is InChI=1S/C27H30N2O5/c1-29(27(10-11-27)25(31)32)24(30)14-17-12-18(13-17)15-28-26(33)34-16-23-21-8-4-2-6-19(21)20-7-3-5-9-22(20)23/h2-9,17-18,23H,10-16H2,1H3,(H,28,33)(H,31,32). The quantitative estimate of drug-likeness (QED) is 0.618. The van der Waals surface area contributed by atoms with E-state index in [9.17, 15) is 19.5 Å². The molecule has 2 aromatic rings. The molecule has 0 atom stereocenters. The lowest BCUT2D eigenvalue weighted by atomic mass is 9.73. The Kier molecular flexibility index (Phi) is 5.80. The molecule has 2 saturated carbocycles. The van der Waals surface area contributed by atoms with Gasteiger partial charge in [0, 0.05) is 25.9 Å². The number of benzene rings is 2. The van der Waals surface area contributed by atoms with Crippen molar-refractivity contribution in [3.63, 3.8) is 0 Å². The number of rotatable bonds is 8. The molecule has 2 aromatic carbocycles. The van der Waals surface area contributed by atoms with Crippen LogP contribution in [0, 0.1) is 11.8 Å². The molecule has 3 aliphatic rings. The Morgan fingerprint density at radius 2 is 1.59 bits per heavy atom. The third-order valence-electron chi connectivity index (χ3n) is 7.81. The van der Waals surface area contributed by atoms with Gasteiger partial charge in [0.15, 0.2) is 0 Å². The highest BCUT2D eigenvalue weighted by Gasteiger charge is 2.55. The molecule has 0 aromatic heterocycles. The van der Waals surface area contributed by atoms with Crippen molar-refractivity contribution in [3.8, 4) is 11.1 Å². The maximum absolute atomic E-state index is 12.5. The number of ether oxygens (including phenoxy) is 1. The van der Waals surface area contributed by atoms with Crippen molar-refractivity contribution < 1.29 is 24.2 Å². The minimum Gasteiger partial charge on any atom is -0.479 e. The molecule has 0 bridgehead atoms. The fourth-order valence-electron chi connectivity index (χ4n) is 5.52. The summed E-state index contributed by atoms with van der Waals surface area (Å²) in [6.07, 6.45) is 2.71. The van der Waals surface area contributed by atoms with Crippen molar-refractivity contribution in [2.45, 2.75) is 43.6 Å². The summed E-state index contributed by atoms with van der Waals surface area (Å²) in [5.74, 6) is -0.420. The van der Waals surface area contributed by atoms with E-state index in [1.807, 2.05) is 24.3 Å². The van der Waals surface area contributed by atoms with Crippen molar-refractivity contribution in [1.29, 1.82) is 0 Å². The number of hydrogen-bond acceptors (Lipinski definition) is 4. The first kappa shape index (κ1) is 22.4. The van der Waals surface area contributed by atoms with Gasteiger partial charge in [-0.2, -0.15) is 0 Å². The molecule has 7 heteroatoms. The van der Waals surface area contributed by atoms with E-state index in [1.165, 1.54) is 27.2 Å². The number of fused-ring (bicyclic) bond motifs is 3. The van der Waals surface area contributed by atoms with Gasteiger partial charge in [-0.1, -0.05) is 48.5 Å². The van der Waals surface area contributed by atoms with E-state index in [0.717, 1.165) is 12.8 Å². The Labute approximate surface area is 199 Å². The first-order chi connectivity index (χ1) is 16.4. The number of nitrogens with zero attached hydrogens (tertiary/aromatic N) is 1. The minimum absolute atomic E-state index is 0.0369. The van der Waals surface area contributed by atoms with E-state index in [0.29, 0.717) is 38.3 Å².